The molecule has 0 heterocycles. The van der Waals surface area contributed by atoms with E-state index in [0.717, 1.165) is 25.4 Å². The summed E-state index contributed by atoms with van der Waals surface area (Å²) in [7, 11) is 0. The monoisotopic (exact) mass is 239 g/mol. The van der Waals surface area contributed by atoms with Crippen LogP contribution in [0.4, 0.5) is 0 Å². The van der Waals surface area contributed by atoms with Gasteiger partial charge in [-0.1, -0.05) is 35.7 Å². The smallest absolute Gasteiger partial charge is 0.0223 e. The number of rotatable bonds is 7. The van der Waals surface area contributed by atoms with Crippen LogP contribution in [0.2, 0.25) is 0 Å². The Labute approximate surface area is 104 Å². The van der Waals surface area contributed by atoms with Crippen molar-refractivity contribution in [2.24, 2.45) is 0 Å². The Morgan fingerprint density at radius 3 is 2.31 bits per heavy atom. The van der Waals surface area contributed by atoms with Crippen LogP contribution in [0.25, 0.3) is 0 Å². The number of aryl methyl sites for hydroxylation is 2. The van der Waals surface area contributed by atoms with Gasteiger partial charge in [-0.15, -0.1) is 11.6 Å². The molecule has 0 radical (unpaired) electrons. The van der Waals surface area contributed by atoms with E-state index in [2.05, 4.69) is 37.4 Å². The fourth-order valence-corrected chi connectivity index (χ4v) is 2.11. The topological polar surface area (TPSA) is 12.0 Å². The van der Waals surface area contributed by atoms with Gasteiger partial charge in [0.05, 0.1) is 0 Å². The van der Waals surface area contributed by atoms with E-state index in [1.807, 2.05) is 0 Å². The lowest BCUT2D eigenvalue weighted by molar-refractivity contribution is 0.617. The van der Waals surface area contributed by atoms with Crippen molar-refractivity contribution in [1.82, 2.24) is 5.32 Å². The number of unbranched alkanes of at least 4 members (excludes halogenated alkanes) is 2. The number of hydrogen-bond donors (Lipinski definition) is 1. The number of hydrogen-bond acceptors (Lipinski definition) is 1. The van der Waals surface area contributed by atoms with E-state index in [-0.39, 0.29) is 0 Å². The average molecular weight is 240 g/mol. The molecule has 0 aromatic heterocycles. The third-order valence-corrected chi connectivity index (χ3v) is 2.87. The predicted octanol–water partition coefficient (Wildman–Crippen LogP) is 3.80. The number of halogens is 1. The number of alkyl halides is 1. The van der Waals surface area contributed by atoms with Crippen molar-refractivity contribution < 1.29 is 0 Å². The number of nitrogens with one attached hydrogen (secondary N) is 1. The molecule has 2 heteroatoms. The Balaban J connectivity index is 2.21. The zero-order chi connectivity index (χ0) is 11.8. The van der Waals surface area contributed by atoms with Crippen LogP contribution < -0.4 is 5.32 Å². The van der Waals surface area contributed by atoms with E-state index in [9.17, 15) is 0 Å². The third-order valence-electron chi connectivity index (χ3n) is 2.60. The SMILES string of the molecule is Cc1cc(C)cc(CNCCCCCCl)c1. The minimum absolute atomic E-state index is 0.789. The van der Waals surface area contributed by atoms with E-state index in [4.69, 9.17) is 11.6 Å². The van der Waals surface area contributed by atoms with Crippen LogP contribution in [0.1, 0.15) is 36.0 Å². The van der Waals surface area contributed by atoms with Crippen molar-refractivity contribution in [1.29, 1.82) is 0 Å². The van der Waals surface area contributed by atoms with Gasteiger partial charge in [0.15, 0.2) is 0 Å². The van der Waals surface area contributed by atoms with Gasteiger partial charge in [-0.25, -0.2) is 0 Å². The summed E-state index contributed by atoms with van der Waals surface area (Å²) in [6, 6.07) is 6.71. The first-order chi connectivity index (χ1) is 7.72. The molecule has 16 heavy (non-hydrogen) atoms. The average Bonchev–Trinajstić information content (AvgIpc) is 2.22. The van der Waals surface area contributed by atoms with Crippen LogP contribution in [-0.4, -0.2) is 12.4 Å². The second-order valence-corrected chi connectivity index (χ2v) is 4.80. The van der Waals surface area contributed by atoms with Gasteiger partial charge in [0, 0.05) is 12.4 Å². The van der Waals surface area contributed by atoms with Gasteiger partial charge >= 0.3 is 0 Å². The molecule has 1 N–H and O–H groups in total. The van der Waals surface area contributed by atoms with Gasteiger partial charge in [0.1, 0.15) is 0 Å². The maximum absolute atomic E-state index is 5.62. The first-order valence-corrected chi connectivity index (χ1v) is 6.59. The molecule has 0 aliphatic heterocycles. The molecule has 0 amide bonds. The summed E-state index contributed by atoms with van der Waals surface area (Å²) in [5.74, 6) is 0.789. The van der Waals surface area contributed by atoms with Crippen LogP contribution in [0.3, 0.4) is 0 Å². The summed E-state index contributed by atoms with van der Waals surface area (Å²) in [5.41, 5.74) is 4.08. The van der Waals surface area contributed by atoms with Gasteiger partial charge in [0.25, 0.3) is 0 Å². The standard InChI is InChI=1S/C14H22ClN/c1-12-8-13(2)10-14(9-12)11-16-7-5-3-4-6-15/h8-10,16H,3-7,11H2,1-2H3. The Bertz CT molecular complexity index is 289. The third kappa shape index (κ3) is 5.53. The Morgan fingerprint density at radius 1 is 1.00 bits per heavy atom. The van der Waals surface area contributed by atoms with Crippen molar-refractivity contribution in [3.05, 3.63) is 34.9 Å². The van der Waals surface area contributed by atoms with E-state index in [0.29, 0.717) is 0 Å². The van der Waals surface area contributed by atoms with Gasteiger partial charge in [-0.05, 0) is 38.8 Å². The molecule has 0 fully saturated rings. The largest absolute Gasteiger partial charge is 0.313 e. The highest BCUT2D eigenvalue weighted by Gasteiger charge is 1.95. The zero-order valence-electron chi connectivity index (χ0n) is 10.4. The maximum Gasteiger partial charge on any atom is 0.0223 e. The summed E-state index contributed by atoms with van der Waals surface area (Å²) in [4.78, 5) is 0. The van der Waals surface area contributed by atoms with Gasteiger partial charge in [-0.2, -0.15) is 0 Å². The molecular formula is C14H22ClN. The van der Waals surface area contributed by atoms with Crippen molar-refractivity contribution >= 4 is 11.6 Å². The lowest BCUT2D eigenvalue weighted by Crippen LogP contribution is -2.14. The fourth-order valence-electron chi connectivity index (χ4n) is 1.93. The lowest BCUT2D eigenvalue weighted by atomic mass is 10.1. The van der Waals surface area contributed by atoms with Crippen LogP contribution in [0.5, 0.6) is 0 Å². The molecule has 1 aromatic carbocycles. The molecule has 1 nitrogen and oxygen atoms in total. The Hall–Kier alpha value is -0.530. The van der Waals surface area contributed by atoms with Gasteiger partial charge < -0.3 is 5.32 Å². The van der Waals surface area contributed by atoms with Crippen molar-refractivity contribution in [3.63, 3.8) is 0 Å². The second kappa shape index (κ2) is 7.70. The van der Waals surface area contributed by atoms with Crippen molar-refractivity contribution in [2.45, 2.75) is 39.7 Å². The van der Waals surface area contributed by atoms with Crippen LogP contribution in [0, 0.1) is 13.8 Å². The normalized spacial score (nSPS) is 10.7. The van der Waals surface area contributed by atoms with Crippen LogP contribution >= 0.6 is 11.6 Å². The highest BCUT2D eigenvalue weighted by Crippen LogP contribution is 2.08. The van der Waals surface area contributed by atoms with Crippen LogP contribution in [-0.2, 0) is 6.54 Å². The molecule has 0 aliphatic carbocycles. The first-order valence-electron chi connectivity index (χ1n) is 6.06. The predicted molar refractivity (Wildman–Crippen MR) is 72.2 cm³/mol. The van der Waals surface area contributed by atoms with E-state index >= 15 is 0 Å². The molecule has 0 atom stereocenters. The summed E-state index contributed by atoms with van der Waals surface area (Å²) >= 11 is 5.62. The fraction of sp³-hybridized carbons (Fsp3) is 0.571. The summed E-state index contributed by atoms with van der Waals surface area (Å²) in [5, 5.41) is 3.47. The molecule has 1 rings (SSSR count). The van der Waals surface area contributed by atoms with Crippen molar-refractivity contribution in [3.8, 4) is 0 Å². The lowest BCUT2D eigenvalue weighted by Gasteiger charge is -2.07. The summed E-state index contributed by atoms with van der Waals surface area (Å²) in [6.45, 7) is 6.36. The molecule has 0 unspecified atom stereocenters. The zero-order valence-corrected chi connectivity index (χ0v) is 11.1. The second-order valence-electron chi connectivity index (χ2n) is 4.42. The van der Waals surface area contributed by atoms with E-state index < -0.39 is 0 Å². The molecule has 0 saturated heterocycles. The first kappa shape index (κ1) is 13.5. The van der Waals surface area contributed by atoms with Crippen molar-refractivity contribution in [2.75, 3.05) is 12.4 Å². The van der Waals surface area contributed by atoms with Gasteiger partial charge in [-0.3, -0.25) is 0 Å². The minimum Gasteiger partial charge on any atom is -0.313 e. The molecule has 1 aromatic rings. The molecule has 90 valence electrons. The van der Waals surface area contributed by atoms with Crippen LogP contribution in [0.15, 0.2) is 18.2 Å². The Kier molecular flexibility index (Phi) is 6.51. The van der Waals surface area contributed by atoms with Gasteiger partial charge in [0.2, 0.25) is 0 Å². The summed E-state index contributed by atoms with van der Waals surface area (Å²) in [6.07, 6.45) is 3.58. The van der Waals surface area contributed by atoms with E-state index in [1.165, 1.54) is 29.5 Å². The summed E-state index contributed by atoms with van der Waals surface area (Å²) < 4.78 is 0. The highest BCUT2D eigenvalue weighted by atomic mass is 35.5. The molecule has 0 saturated carbocycles. The molecule has 0 aliphatic rings. The Morgan fingerprint density at radius 2 is 1.69 bits per heavy atom. The molecule has 0 bridgehead atoms. The minimum atomic E-state index is 0.789. The molecular weight excluding hydrogens is 218 g/mol. The number of benzene rings is 1. The maximum atomic E-state index is 5.62. The highest BCUT2D eigenvalue weighted by molar-refractivity contribution is 6.17. The molecule has 0 spiro atoms. The quantitative estimate of drug-likeness (QED) is 0.564. The van der Waals surface area contributed by atoms with E-state index in [1.54, 1.807) is 0 Å².